The molecule has 0 bridgehead atoms. The molecule has 0 saturated heterocycles. The molecule has 0 N–H and O–H groups in total. The van der Waals surface area contributed by atoms with E-state index in [-0.39, 0.29) is 16.7 Å². The van der Waals surface area contributed by atoms with Crippen molar-refractivity contribution in [2.45, 2.75) is 58.3 Å². The Morgan fingerprint density at radius 3 is 1.88 bits per heavy atom. The molecule has 0 heterocycles. The van der Waals surface area contributed by atoms with Crippen LogP contribution in [0.2, 0.25) is 0 Å². The summed E-state index contributed by atoms with van der Waals surface area (Å²) in [4.78, 5) is 0. The van der Waals surface area contributed by atoms with Crippen molar-refractivity contribution in [1.82, 2.24) is 0 Å². The molecular formula is C30H34BrClO. The Morgan fingerprint density at radius 1 is 0.848 bits per heavy atom. The molecule has 0 aromatic heterocycles. The quantitative estimate of drug-likeness (QED) is 0.322. The second-order valence-electron chi connectivity index (χ2n) is 10.6. The minimum Gasteiger partial charge on any atom is -0.497 e. The summed E-state index contributed by atoms with van der Waals surface area (Å²) in [5.74, 6) is 0.817. The van der Waals surface area contributed by atoms with E-state index in [1.165, 1.54) is 22.3 Å². The number of methoxy groups -OCH3 is 1. The Bertz CT molecular complexity index is 1100. The Balaban J connectivity index is 2.23. The largest absolute Gasteiger partial charge is 0.497 e. The van der Waals surface area contributed by atoms with Crippen molar-refractivity contribution < 1.29 is 4.74 Å². The Kier molecular flexibility index (Phi) is 7.81. The van der Waals surface area contributed by atoms with E-state index in [0.29, 0.717) is 0 Å². The minimum atomic E-state index is -0.00132. The number of ether oxygens (including phenoxy) is 1. The fourth-order valence-electron chi connectivity index (χ4n) is 3.78. The summed E-state index contributed by atoms with van der Waals surface area (Å²) in [6, 6.07) is 23.3. The van der Waals surface area contributed by atoms with Crippen LogP contribution in [0.3, 0.4) is 0 Å². The molecule has 1 atom stereocenters. The Hall–Kier alpha value is -2.03. The second kappa shape index (κ2) is 10.1. The van der Waals surface area contributed by atoms with Gasteiger partial charge < -0.3 is 4.74 Å². The molecule has 0 radical (unpaired) electrons. The maximum Gasteiger partial charge on any atom is 0.118 e. The highest BCUT2D eigenvalue weighted by Crippen LogP contribution is 2.39. The van der Waals surface area contributed by atoms with Gasteiger partial charge in [0.2, 0.25) is 0 Å². The molecule has 1 nitrogen and oxygen atoms in total. The van der Waals surface area contributed by atoms with Crippen LogP contribution in [0.5, 0.6) is 5.75 Å². The molecule has 0 amide bonds. The number of allylic oxidation sites excluding steroid dienone is 1. The van der Waals surface area contributed by atoms with E-state index in [4.69, 9.17) is 16.3 Å². The van der Waals surface area contributed by atoms with Gasteiger partial charge in [-0.05, 0) is 69.0 Å². The van der Waals surface area contributed by atoms with Gasteiger partial charge in [0.05, 0.1) is 7.11 Å². The second-order valence-corrected chi connectivity index (χ2v) is 11.8. The lowest BCUT2D eigenvalue weighted by Crippen LogP contribution is -2.18. The number of benzene rings is 3. The van der Waals surface area contributed by atoms with Gasteiger partial charge in [-0.25, -0.2) is 0 Å². The zero-order chi connectivity index (χ0) is 24.4. The monoisotopic (exact) mass is 524 g/mol. The number of hydrogen-bond acceptors (Lipinski definition) is 1. The van der Waals surface area contributed by atoms with Crippen molar-refractivity contribution in [3.05, 3.63) is 105 Å². The highest BCUT2D eigenvalue weighted by molar-refractivity contribution is 9.10. The van der Waals surface area contributed by atoms with Gasteiger partial charge in [0.15, 0.2) is 0 Å². The highest BCUT2D eigenvalue weighted by atomic mass is 79.9. The summed E-state index contributed by atoms with van der Waals surface area (Å²) in [7, 11) is 1.67. The van der Waals surface area contributed by atoms with Crippen LogP contribution in [0.15, 0.2) is 77.3 Å². The third-order valence-corrected chi connectivity index (χ3v) is 7.03. The summed E-state index contributed by atoms with van der Waals surface area (Å²) < 4.78 is 6.38. The zero-order valence-electron chi connectivity index (χ0n) is 20.7. The van der Waals surface area contributed by atoms with Gasteiger partial charge >= 0.3 is 0 Å². The van der Waals surface area contributed by atoms with Crippen LogP contribution >= 0.6 is 27.5 Å². The highest BCUT2D eigenvalue weighted by Gasteiger charge is 2.24. The molecule has 3 heteroatoms. The predicted molar refractivity (Wildman–Crippen MR) is 147 cm³/mol. The fourth-order valence-corrected chi connectivity index (χ4v) is 4.57. The maximum atomic E-state index is 6.91. The summed E-state index contributed by atoms with van der Waals surface area (Å²) >= 11 is 10.7. The third-order valence-electron chi connectivity index (χ3n) is 5.97. The van der Waals surface area contributed by atoms with Gasteiger partial charge in [-0.3, -0.25) is 0 Å². The van der Waals surface area contributed by atoms with Gasteiger partial charge in [-0.2, -0.15) is 0 Å². The van der Waals surface area contributed by atoms with Gasteiger partial charge in [0, 0.05) is 15.4 Å². The van der Waals surface area contributed by atoms with E-state index in [0.717, 1.165) is 20.8 Å². The molecule has 0 saturated carbocycles. The molecule has 0 aliphatic carbocycles. The van der Waals surface area contributed by atoms with Crippen LogP contribution in [0.4, 0.5) is 0 Å². The molecule has 3 rings (SSSR count). The van der Waals surface area contributed by atoms with E-state index < -0.39 is 0 Å². The van der Waals surface area contributed by atoms with Gasteiger partial charge in [0.1, 0.15) is 5.75 Å². The topological polar surface area (TPSA) is 9.23 Å². The molecule has 3 aromatic rings. The summed E-state index contributed by atoms with van der Waals surface area (Å²) in [6.07, 6.45) is 2.16. The van der Waals surface area contributed by atoms with Crippen LogP contribution in [-0.4, -0.2) is 7.11 Å². The van der Waals surface area contributed by atoms with Gasteiger partial charge in [-0.1, -0.05) is 112 Å². The van der Waals surface area contributed by atoms with E-state index in [9.17, 15) is 0 Å². The van der Waals surface area contributed by atoms with Crippen LogP contribution in [0.1, 0.15) is 75.3 Å². The third kappa shape index (κ3) is 6.31. The number of hydrogen-bond donors (Lipinski definition) is 0. The molecule has 0 aliphatic rings. The maximum absolute atomic E-state index is 6.91. The molecule has 33 heavy (non-hydrogen) atoms. The first-order chi connectivity index (χ1) is 15.4. The van der Waals surface area contributed by atoms with E-state index in [2.05, 4.69) is 99.9 Å². The van der Waals surface area contributed by atoms with Crippen LogP contribution in [-0.2, 0) is 10.8 Å². The normalized spacial score (nSPS) is 13.7. The SMILES string of the molecule is COc1ccc(C(Cl)=CC(c2cc(C(C)(C)C)cc(C(C)(C)C)c2)c2ccccc2Br)cc1. The van der Waals surface area contributed by atoms with Crippen molar-refractivity contribution in [2.75, 3.05) is 7.11 Å². The lowest BCUT2D eigenvalue weighted by atomic mass is 9.77. The standard InChI is InChI=1S/C30H34BrClO/c1-29(2,3)22-16-21(17-23(18-22)30(4,5)6)26(25-10-8-9-11-27(25)31)19-28(32)20-12-14-24(33-7)15-13-20/h8-19,26H,1-7H3. The Labute approximate surface area is 213 Å². The zero-order valence-corrected chi connectivity index (χ0v) is 23.0. The first-order valence-corrected chi connectivity index (χ1v) is 12.5. The number of rotatable bonds is 5. The predicted octanol–water partition coefficient (Wildman–Crippen LogP) is 9.46. The summed E-state index contributed by atoms with van der Waals surface area (Å²) in [6.45, 7) is 13.6. The summed E-state index contributed by atoms with van der Waals surface area (Å²) in [5, 5.41) is 0.719. The minimum absolute atomic E-state index is 0.00132. The molecule has 1 unspecified atom stereocenters. The van der Waals surface area contributed by atoms with E-state index >= 15 is 0 Å². The smallest absolute Gasteiger partial charge is 0.118 e. The average Bonchev–Trinajstić information content (AvgIpc) is 2.76. The van der Waals surface area contributed by atoms with Gasteiger partial charge in [0.25, 0.3) is 0 Å². The lowest BCUT2D eigenvalue weighted by Gasteiger charge is -2.28. The summed E-state index contributed by atoms with van der Waals surface area (Å²) in [5.41, 5.74) is 6.14. The van der Waals surface area contributed by atoms with Crippen molar-refractivity contribution in [3.63, 3.8) is 0 Å². The first kappa shape index (κ1) is 25.6. The van der Waals surface area contributed by atoms with E-state index in [1.54, 1.807) is 7.11 Å². The van der Waals surface area contributed by atoms with Crippen molar-refractivity contribution >= 4 is 32.6 Å². The Morgan fingerprint density at radius 2 is 1.39 bits per heavy atom. The number of halogens is 2. The average molecular weight is 526 g/mol. The van der Waals surface area contributed by atoms with Crippen LogP contribution in [0.25, 0.3) is 5.03 Å². The lowest BCUT2D eigenvalue weighted by molar-refractivity contribution is 0.415. The molecule has 174 valence electrons. The molecule has 0 fully saturated rings. The van der Waals surface area contributed by atoms with Crippen LogP contribution in [0, 0.1) is 0 Å². The first-order valence-electron chi connectivity index (χ1n) is 11.3. The molecular weight excluding hydrogens is 492 g/mol. The van der Waals surface area contributed by atoms with Crippen LogP contribution < -0.4 is 4.74 Å². The van der Waals surface area contributed by atoms with E-state index in [1.807, 2.05) is 30.3 Å². The molecule has 0 aliphatic heterocycles. The van der Waals surface area contributed by atoms with Crippen molar-refractivity contribution in [2.24, 2.45) is 0 Å². The fraction of sp³-hybridized carbons (Fsp3) is 0.333. The van der Waals surface area contributed by atoms with Gasteiger partial charge in [-0.15, -0.1) is 0 Å². The van der Waals surface area contributed by atoms with Crippen molar-refractivity contribution in [1.29, 1.82) is 0 Å². The molecule has 0 spiro atoms. The molecule has 3 aromatic carbocycles. The van der Waals surface area contributed by atoms with Crippen molar-refractivity contribution in [3.8, 4) is 5.75 Å².